The summed E-state index contributed by atoms with van der Waals surface area (Å²) in [6, 6.07) is 8.14. The summed E-state index contributed by atoms with van der Waals surface area (Å²) in [7, 11) is 2.00. The lowest BCUT2D eigenvalue weighted by Crippen LogP contribution is -2.33. The van der Waals surface area contributed by atoms with Crippen LogP contribution in [0.2, 0.25) is 0 Å². The Balaban J connectivity index is 1.65. The van der Waals surface area contributed by atoms with Gasteiger partial charge in [0.05, 0.1) is 35.2 Å². The SMILES string of the molecule is C=C1c2cc(N3C(=O)C(C)(C)c4ccc(-c5cnc(C)nc5)cc43)cnc2CN1C. The largest absolute Gasteiger partial charge is 0.369 e. The molecular formula is C24H23N5O. The van der Waals surface area contributed by atoms with E-state index in [2.05, 4.69) is 26.4 Å². The molecule has 2 aliphatic rings. The zero-order chi connectivity index (χ0) is 21.2. The first kappa shape index (κ1) is 18.5. The first-order chi connectivity index (χ1) is 14.3. The highest BCUT2D eigenvalue weighted by Gasteiger charge is 2.45. The highest BCUT2D eigenvalue weighted by molar-refractivity contribution is 6.13. The Morgan fingerprint density at radius 1 is 1.03 bits per heavy atom. The van der Waals surface area contributed by atoms with Gasteiger partial charge in [-0.2, -0.15) is 0 Å². The van der Waals surface area contributed by atoms with Crippen LogP contribution in [-0.4, -0.2) is 32.8 Å². The number of rotatable bonds is 2. The molecule has 3 aromatic rings. The molecule has 0 unspecified atom stereocenters. The molecule has 0 radical (unpaired) electrons. The summed E-state index contributed by atoms with van der Waals surface area (Å²) in [5, 5.41) is 0. The predicted molar refractivity (Wildman–Crippen MR) is 117 cm³/mol. The highest BCUT2D eigenvalue weighted by Crippen LogP contribution is 2.47. The van der Waals surface area contributed by atoms with Crippen molar-refractivity contribution >= 4 is 23.0 Å². The Morgan fingerprint density at radius 3 is 2.50 bits per heavy atom. The Kier molecular flexibility index (Phi) is 3.84. The van der Waals surface area contributed by atoms with Crippen LogP contribution in [0.25, 0.3) is 16.8 Å². The molecule has 0 aliphatic carbocycles. The van der Waals surface area contributed by atoms with Crippen LogP contribution in [0.15, 0.2) is 49.4 Å². The lowest BCUT2D eigenvalue weighted by molar-refractivity contribution is -0.121. The van der Waals surface area contributed by atoms with E-state index in [1.165, 1.54) is 0 Å². The van der Waals surface area contributed by atoms with Crippen LogP contribution in [0.5, 0.6) is 0 Å². The number of nitrogens with zero attached hydrogens (tertiary/aromatic N) is 5. The normalized spacial score (nSPS) is 16.8. The van der Waals surface area contributed by atoms with E-state index in [-0.39, 0.29) is 5.91 Å². The standard InChI is InChI=1S/C24H23N5O/c1-14-19-9-18(12-27-21(19)13-28(14)5)29-22-8-16(17-10-25-15(2)26-11-17)6-7-20(22)24(3,4)23(29)30/h6-12H,1,13H2,2-5H3. The van der Waals surface area contributed by atoms with E-state index in [9.17, 15) is 4.79 Å². The lowest BCUT2D eigenvalue weighted by Gasteiger charge is -2.21. The topological polar surface area (TPSA) is 62.2 Å². The second-order valence-corrected chi connectivity index (χ2v) is 8.51. The van der Waals surface area contributed by atoms with E-state index in [1.54, 1.807) is 11.1 Å². The maximum Gasteiger partial charge on any atom is 0.241 e. The van der Waals surface area contributed by atoms with Gasteiger partial charge in [-0.25, -0.2) is 9.97 Å². The third-order valence-electron chi connectivity index (χ3n) is 6.14. The van der Waals surface area contributed by atoms with Crippen LogP contribution in [0, 0.1) is 6.92 Å². The molecule has 2 aromatic heterocycles. The van der Waals surface area contributed by atoms with Gasteiger partial charge >= 0.3 is 0 Å². The minimum absolute atomic E-state index is 0.0357. The maximum absolute atomic E-state index is 13.5. The number of hydrogen-bond acceptors (Lipinski definition) is 5. The Labute approximate surface area is 175 Å². The minimum Gasteiger partial charge on any atom is -0.369 e. The van der Waals surface area contributed by atoms with Crippen LogP contribution in [-0.2, 0) is 16.8 Å². The van der Waals surface area contributed by atoms with Gasteiger partial charge in [-0.05, 0) is 44.0 Å². The van der Waals surface area contributed by atoms with Crippen molar-refractivity contribution in [3.05, 3.63) is 72.1 Å². The van der Waals surface area contributed by atoms with Gasteiger partial charge in [-0.1, -0.05) is 18.7 Å². The van der Waals surface area contributed by atoms with E-state index in [1.807, 2.05) is 64.5 Å². The Hall–Kier alpha value is -3.54. The molecule has 0 spiro atoms. The fourth-order valence-corrected chi connectivity index (χ4v) is 4.23. The number of carbonyl (C=O) groups excluding carboxylic acids is 1. The molecule has 6 heteroatoms. The van der Waals surface area contributed by atoms with Gasteiger partial charge < -0.3 is 4.90 Å². The fraction of sp³-hybridized carbons (Fsp3) is 0.250. The van der Waals surface area contributed by atoms with Crippen molar-refractivity contribution in [3.63, 3.8) is 0 Å². The number of benzene rings is 1. The zero-order valence-electron chi connectivity index (χ0n) is 17.6. The van der Waals surface area contributed by atoms with Crippen molar-refractivity contribution < 1.29 is 4.79 Å². The molecule has 150 valence electrons. The first-order valence-electron chi connectivity index (χ1n) is 9.95. The molecule has 1 amide bonds. The molecule has 0 saturated heterocycles. The summed E-state index contributed by atoms with van der Waals surface area (Å²) in [5.41, 5.74) is 6.83. The maximum atomic E-state index is 13.5. The summed E-state index contributed by atoms with van der Waals surface area (Å²) >= 11 is 0. The molecule has 0 saturated carbocycles. The van der Waals surface area contributed by atoms with E-state index in [4.69, 9.17) is 0 Å². The monoisotopic (exact) mass is 397 g/mol. The van der Waals surface area contributed by atoms with Crippen LogP contribution < -0.4 is 4.90 Å². The summed E-state index contributed by atoms with van der Waals surface area (Å²) in [5.74, 6) is 0.765. The van der Waals surface area contributed by atoms with Crippen LogP contribution >= 0.6 is 0 Å². The van der Waals surface area contributed by atoms with Crippen molar-refractivity contribution in [1.82, 2.24) is 19.9 Å². The van der Waals surface area contributed by atoms with Crippen LogP contribution in [0.3, 0.4) is 0 Å². The number of hydrogen-bond donors (Lipinski definition) is 0. The van der Waals surface area contributed by atoms with Gasteiger partial charge in [0.25, 0.3) is 0 Å². The minimum atomic E-state index is -0.621. The number of aromatic nitrogens is 3. The average molecular weight is 397 g/mol. The zero-order valence-corrected chi connectivity index (χ0v) is 17.6. The van der Waals surface area contributed by atoms with E-state index in [0.717, 1.165) is 57.4 Å². The van der Waals surface area contributed by atoms with Crippen molar-refractivity contribution in [1.29, 1.82) is 0 Å². The molecule has 0 N–H and O–H groups in total. The molecular weight excluding hydrogens is 374 g/mol. The molecule has 30 heavy (non-hydrogen) atoms. The number of fused-ring (bicyclic) bond motifs is 2. The average Bonchev–Trinajstić information content (AvgIpc) is 3.12. The summed E-state index contributed by atoms with van der Waals surface area (Å²) in [6.45, 7) is 10.7. The third-order valence-corrected chi connectivity index (χ3v) is 6.14. The molecule has 0 fully saturated rings. The summed E-state index contributed by atoms with van der Waals surface area (Å²) < 4.78 is 0. The van der Waals surface area contributed by atoms with Gasteiger partial charge in [-0.3, -0.25) is 14.7 Å². The summed E-state index contributed by atoms with van der Waals surface area (Å²) in [6.07, 6.45) is 5.41. The van der Waals surface area contributed by atoms with Gasteiger partial charge in [0, 0.05) is 36.3 Å². The van der Waals surface area contributed by atoms with E-state index in [0.29, 0.717) is 0 Å². The number of aryl methyl sites for hydroxylation is 1. The Morgan fingerprint density at radius 2 is 1.77 bits per heavy atom. The second kappa shape index (κ2) is 6.23. The summed E-state index contributed by atoms with van der Waals surface area (Å²) in [4.78, 5) is 30.6. The third kappa shape index (κ3) is 2.56. The molecule has 5 rings (SSSR count). The number of amides is 1. The lowest BCUT2D eigenvalue weighted by atomic mass is 9.85. The molecule has 0 atom stereocenters. The van der Waals surface area contributed by atoms with Gasteiger partial charge in [0.2, 0.25) is 5.91 Å². The van der Waals surface area contributed by atoms with Crippen molar-refractivity contribution in [2.75, 3.05) is 11.9 Å². The molecule has 4 heterocycles. The van der Waals surface area contributed by atoms with Crippen LogP contribution in [0.1, 0.15) is 36.5 Å². The number of carbonyl (C=O) groups is 1. The predicted octanol–water partition coefficient (Wildman–Crippen LogP) is 4.22. The smallest absolute Gasteiger partial charge is 0.241 e. The van der Waals surface area contributed by atoms with E-state index < -0.39 is 5.41 Å². The number of pyridine rings is 1. The van der Waals surface area contributed by atoms with Crippen molar-refractivity contribution in [2.45, 2.75) is 32.7 Å². The molecule has 6 nitrogen and oxygen atoms in total. The van der Waals surface area contributed by atoms with Gasteiger partial charge in [0.15, 0.2) is 0 Å². The molecule has 1 aromatic carbocycles. The quantitative estimate of drug-likeness (QED) is 0.648. The van der Waals surface area contributed by atoms with Crippen molar-refractivity contribution in [2.24, 2.45) is 0 Å². The Bertz CT molecular complexity index is 1210. The van der Waals surface area contributed by atoms with Crippen LogP contribution in [0.4, 0.5) is 11.4 Å². The van der Waals surface area contributed by atoms with Gasteiger partial charge in [0.1, 0.15) is 5.82 Å². The second-order valence-electron chi connectivity index (χ2n) is 8.51. The van der Waals surface area contributed by atoms with Gasteiger partial charge in [-0.15, -0.1) is 0 Å². The first-order valence-corrected chi connectivity index (χ1v) is 9.95. The van der Waals surface area contributed by atoms with E-state index >= 15 is 0 Å². The molecule has 0 bridgehead atoms. The molecule has 2 aliphatic heterocycles. The van der Waals surface area contributed by atoms with Crippen molar-refractivity contribution in [3.8, 4) is 11.1 Å². The fourth-order valence-electron chi connectivity index (χ4n) is 4.23. The highest BCUT2D eigenvalue weighted by atomic mass is 16.2. The number of anilines is 2.